The van der Waals surface area contributed by atoms with Crippen molar-refractivity contribution < 1.29 is 14.6 Å². The summed E-state index contributed by atoms with van der Waals surface area (Å²) in [5.41, 5.74) is 3.45. The number of hydrogen-bond donors (Lipinski definition) is 3. The average molecular weight is 504 g/mol. The Labute approximate surface area is 221 Å². The maximum absolute atomic E-state index is 10.3. The second kappa shape index (κ2) is 15.7. The van der Waals surface area contributed by atoms with Crippen molar-refractivity contribution in [3.63, 3.8) is 0 Å². The molecule has 37 heavy (non-hydrogen) atoms. The molecule has 0 radical (unpaired) electrons. The van der Waals surface area contributed by atoms with E-state index >= 15 is 0 Å². The third-order valence-corrected chi connectivity index (χ3v) is 6.75. The largest absolute Gasteiger partial charge is 0.508 e. The SMILES string of the molecule is CNCCC(Oc1ccccc1NC)c1ccccc1.O=CCCN1CCC(c2cccc(O)c2)CC1. The molecule has 0 aliphatic carbocycles. The summed E-state index contributed by atoms with van der Waals surface area (Å²) in [5.74, 6) is 1.79. The zero-order valence-corrected chi connectivity index (χ0v) is 22.1. The predicted molar refractivity (Wildman–Crippen MR) is 152 cm³/mol. The number of likely N-dealkylation sites (tertiary alicyclic amines) is 1. The van der Waals surface area contributed by atoms with Crippen LogP contribution in [0.25, 0.3) is 0 Å². The Morgan fingerprint density at radius 3 is 2.41 bits per heavy atom. The highest BCUT2D eigenvalue weighted by Gasteiger charge is 2.20. The van der Waals surface area contributed by atoms with Crippen LogP contribution < -0.4 is 15.4 Å². The zero-order chi connectivity index (χ0) is 26.3. The highest BCUT2D eigenvalue weighted by Crippen LogP contribution is 2.31. The minimum absolute atomic E-state index is 0.0538. The van der Waals surface area contributed by atoms with Gasteiger partial charge in [-0.15, -0.1) is 0 Å². The molecule has 1 aliphatic heterocycles. The van der Waals surface area contributed by atoms with Gasteiger partial charge in [-0.1, -0.05) is 54.6 Å². The predicted octanol–water partition coefficient (Wildman–Crippen LogP) is 5.62. The molecule has 0 amide bonds. The van der Waals surface area contributed by atoms with Gasteiger partial charge in [-0.2, -0.15) is 0 Å². The normalized spacial score (nSPS) is 14.8. The summed E-state index contributed by atoms with van der Waals surface area (Å²) in [6, 6.07) is 26.0. The van der Waals surface area contributed by atoms with E-state index in [0.717, 1.165) is 63.2 Å². The minimum atomic E-state index is 0.0538. The van der Waals surface area contributed by atoms with Gasteiger partial charge in [0.05, 0.1) is 5.69 Å². The number of hydrogen-bond acceptors (Lipinski definition) is 6. The van der Waals surface area contributed by atoms with E-state index in [0.29, 0.717) is 18.1 Å². The van der Waals surface area contributed by atoms with Crippen molar-refractivity contribution in [1.82, 2.24) is 10.2 Å². The molecule has 0 saturated carbocycles. The summed E-state index contributed by atoms with van der Waals surface area (Å²) in [6.07, 6.45) is 4.83. The molecule has 4 rings (SSSR count). The zero-order valence-electron chi connectivity index (χ0n) is 22.1. The molecule has 1 saturated heterocycles. The molecular formula is C31H41N3O3. The van der Waals surface area contributed by atoms with Gasteiger partial charge < -0.3 is 30.2 Å². The van der Waals surface area contributed by atoms with Crippen LogP contribution in [0.4, 0.5) is 5.69 Å². The molecule has 3 aromatic carbocycles. The summed E-state index contributed by atoms with van der Waals surface area (Å²) in [4.78, 5) is 12.7. The topological polar surface area (TPSA) is 73.8 Å². The van der Waals surface area contributed by atoms with E-state index in [1.165, 1.54) is 11.1 Å². The lowest BCUT2D eigenvalue weighted by atomic mass is 9.89. The summed E-state index contributed by atoms with van der Waals surface area (Å²) in [7, 11) is 3.87. The monoisotopic (exact) mass is 503 g/mol. The first-order chi connectivity index (χ1) is 18.1. The van der Waals surface area contributed by atoms with Crippen LogP contribution in [-0.2, 0) is 4.79 Å². The first kappa shape index (κ1) is 28.2. The van der Waals surface area contributed by atoms with Gasteiger partial charge in [0, 0.05) is 26.4 Å². The Bertz CT molecular complexity index is 1050. The van der Waals surface area contributed by atoms with Crippen LogP contribution in [0.3, 0.4) is 0 Å². The van der Waals surface area contributed by atoms with E-state index in [1.807, 2.05) is 56.6 Å². The molecular weight excluding hydrogens is 462 g/mol. The minimum Gasteiger partial charge on any atom is -0.508 e. The van der Waals surface area contributed by atoms with E-state index in [1.54, 1.807) is 6.07 Å². The first-order valence-electron chi connectivity index (χ1n) is 13.2. The van der Waals surface area contributed by atoms with E-state index in [2.05, 4.69) is 45.9 Å². The number of aromatic hydroxyl groups is 1. The standard InChI is InChI=1S/C17H22N2O.C14H19NO2/c1-18-13-12-16(14-8-4-3-5-9-14)20-17-11-7-6-10-15(17)19-2;16-10-2-7-15-8-5-12(6-9-15)13-3-1-4-14(17)11-13/h3-11,16,18-19H,12-13H2,1-2H3;1,3-4,10-12,17H,2,5-9H2. The van der Waals surface area contributed by atoms with Gasteiger partial charge in [-0.25, -0.2) is 0 Å². The quantitative estimate of drug-likeness (QED) is 0.295. The number of para-hydroxylation sites is 2. The Morgan fingerprint density at radius 1 is 1.00 bits per heavy atom. The lowest BCUT2D eigenvalue weighted by Gasteiger charge is -2.31. The van der Waals surface area contributed by atoms with E-state index in [-0.39, 0.29) is 6.10 Å². The number of aldehydes is 1. The number of phenols is 1. The van der Waals surface area contributed by atoms with Crippen LogP contribution in [0.5, 0.6) is 11.5 Å². The fourth-order valence-corrected chi connectivity index (χ4v) is 4.67. The van der Waals surface area contributed by atoms with Gasteiger partial charge in [0.1, 0.15) is 23.9 Å². The summed E-state index contributed by atoms with van der Waals surface area (Å²) in [5, 5.41) is 15.8. The fraction of sp³-hybridized carbons (Fsp3) is 0.387. The van der Waals surface area contributed by atoms with Gasteiger partial charge in [-0.3, -0.25) is 0 Å². The summed E-state index contributed by atoms with van der Waals surface area (Å²) in [6.45, 7) is 3.90. The third kappa shape index (κ3) is 9.23. The lowest BCUT2D eigenvalue weighted by Crippen LogP contribution is -2.33. The van der Waals surface area contributed by atoms with E-state index < -0.39 is 0 Å². The Hall–Kier alpha value is -3.35. The molecule has 1 aliphatic rings. The number of carbonyl (C=O) groups excluding carboxylic acids is 1. The van der Waals surface area contributed by atoms with Gasteiger partial charge in [-0.05, 0) is 80.8 Å². The number of rotatable bonds is 11. The second-order valence-electron chi connectivity index (χ2n) is 9.32. The van der Waals surface area contributed by atoms with Gasteiger partial charge >= 0.3 is 0 Å². The van der Waals surface area contributed by atoms with Gasteiger partial charge in [0.2, 0.25) is 0 Å². The molecule has 0 aromatic heterocycles. The Kier molecular flexibility index (Phi) is 12.0. The molecule has 6 nitrogen and oxygen atoms in total. The number of carbonyl (C=O) groups is 1. The van der Waals surface area contributed by atoms with Gasteiger partial charge in [0.15, 0.2) is 0 Å². The molecule has 198 valence electrons. The van der Waals surface area contributed by atoms with Crippen molar-refractivity contribution in [2.75, 3.05) is 45.6 Å². The van der Waals surface area contributed by atoms with Gasteiger partial charge in [0.25, 0.3) is 0 Å². The van der Waals surface area contributed by atoms with Crippen molar-refractivity contribution in [2.45, 2.75) is 37.7 Å². The Morgan fingerprint density at radius 2 is 1.73 bits per heavy atom. The van der Waals surface area contributed by atoms with Crippen molar-refractivity contribution in [3.8, 4) is 11.5 Å². The van der Waals surface area contributed by atoms with Crippen molar-refractivity contribution >= 4 is 12.0 Å². The average Bonchev–Trinajstić information content (AvgIpc) is 2.95. The maximum atomic E-state index is 10.3. The number of anilines is 1. The molecule has 1 atom stereocenters. The lowest BCUT2D eigenvalue weighted by molar-refractivity contribution is -0.108. The van der Waals surface area contributed by atoms with Crippen LogP contribution in [0, 0.1) is 0 Å². The number of ether oxygens (including phenoxy) is 1. The second-order valence-corrected chi connectivity index (χ2v) is 9.32. The molecule has 1 heterocycles. The highest BCUT2D eigenvalue weighted by atomic mass is 16.5. The van der Waals surface area contributed by atoms with Crippen LogP contribution in [0.1, 0.15) is 48.8 Å². The van der Waals surface area contributed by atoms with Crippen LogP contribution in [0.15, 0.2) is 78.9 Å². The first-order valence-corrected chi connectivity index (χ1v) is 13.2. The summed E-state index contributed by atoms with van der Waals surface area (Å²) < 4.78 is 6.22. The Balaban J connectivity index is 0.000000208. The van der Waals surface area contributed by atoms with Crippen LogP contribution in [0.2, 0.25) is 0 Å². The molecule has 1 unspecified atom stereocenters. The molecule has 0 bridgehead atoms. The van der Waals surface area contributed by atoms with E-state index in [9.17, 15) is 9.90 Å². The number of nitrogens with one attached hydrogen (secondary N) is 2. The highest BCUT2D eigenvalue weighted by molar-refractivity contribution is 5.55. The van der Waals surface area contributed by atoms with E-state index in [4.69, 9.17) is 4.74 Å². The number of benzene rings is 3. The number of nitrogens with zero attached hydrogens (tertiary/aromatic N) is 1. The molecule has 3 N–H and O–H groups in total. The van der Waals surface area contributed by atoms with Crippen LogP contribution in [-0.4, -0.2) is 56.6 Å². The van der Waals surface area contributed by atoms with Crippen LogP contribution >= 0.6 is 0 Å². The molecule has 3 aromatic rings. The smallest absolute Gasteiger partial charge is 0.143 e. The third-order valence-electron chi connectivity index (χ3n) is 6.75. The number of piperidine rings is 1. The maximum Gasteiger partial charge on any atom is 0.143 e. The molecule has 6 heteroatoms. The van der Waals surface area contributed by atoms with Crippen molar-refractivity contribution in [2.24, 2.45) is 0 Å². The molecule has 0 spiro atoms. The van der Waals surface area contributed by atoms with Crippen molar-refractivity contribution in [1.29, 1.82) is 0 Å². The number of phenolic OH excluding ortho intramolecular Hbond substituents is 1. The van der Waals surface area contributed by atoms with Crippen molar-refractivity contribution in [3.05, 3.63) is 90.0 Å². The summed E-state index contributed by atoms with van der Waals surface area (Å²) >= 11 is 0. The molecule has 1 fully saturated rings. The fourth-order valence-electron chi connectivity index (χ4n) is 4.67.